The quantitative estimate of drug-likeness (QED) is 0.676. The molecule has 0 saturated heterocycles. The van der Waals surface area contributed by atoms with Gasteiger partial charge in [0.15, 0.2) is 0 Å². The Labute approximate surface area is 86.7 Å². The lowest BCUT2D eigenvalue weighted by Crippen LogP contribution is -2.35. The van der Waals surface area contributed by atoms with Crippen molar-refractivity contribution in [3.63, 3.8) is 0 Å². The van der Waals surface area contributed by atoms with Gasteiger partial charge in [0.25, 0.3) is 0 Å². The van der Waals surface area contributed by atoms with Gasteiger partial charge in [-0.2, -0.15) is 0 Å². The van der Waals surface area contributed by atoms with E-state index in [9.17, 15) is 0 Å². The van der Waals surface area contributed by atoms with Crippen LogP contribution in [0, 0.1) is 17.8 Å². The molecular weight excluding hydrogens is 174 g/mol. The number of ether oxygens (including phenoxy) is 1. The Morgan fingerprint density at radius 2 is 2.29 bits per heavy atom. The molecule has 1 saturated carbocycles. The van der Waals surface area contributed by atoms with Crippen LogP contribution in [-0.4, -0.2) is 26.3 Å². The van der Waals surface area contributed by atoms with Gasteiger partial charge in [-0.1, -0.05) is 12.2 Å². The van der Waals surface area contributed by atoms with Crippen LogP contribution in [0.2, 0.25) is 0 Å². The number of hydrogen-bond acceptors (Lipinski definition) is 2. The Morgan fingerprint density at radius 1 is 1.43 bits per heavy atom. The summed E-state index contributed by atoms with van der Waals surface area (Å²) in [6, 6.07) is 0.489. The molecule has 1 fully saturated rings. The normalized spacial score (nSPS) is 36.6. The first-order valence-electron chi connectivity index (χ1n) is 5.70. The fourth-order valence-electron chi connectivity index (χ4n) is 2.79. The third-order valence-corrected chi connectivity index (χ3v) is 3.56. The van der Waals surface area contributed by atoms with Crippen LogP contribution in [0.15, 0.2) is 12.2 Å². The van der Waals surface area contributed by atoms with Gasteiger partial charge in [0, 0.05) is 13.2 Å². The van der Waals surface area contributed by atoms with Crippen molar-refractivity contribution in [2.75, 3.05) is 20.3 Å². The minimum atomic E-state index is 0.489. The summed E-state index contributed by atoms with van der Waals surface area (Å²) in [4.78, 5) is 0. The van der Waals surface area contributed by atoms with Crippen molar-refractivity contribution in [3.8, 4) is 0 Å². The van der Waals surface area contributed by atoms with Gasteiger partial charge in [-0.25, -0.2) is 0 Å². The summed E-state index contributed by atoms with van der Waals surface area (Å²) in [5.41, 5.74) is 0. The zero-order valence-corrected chi connectivity index (χ0v) is 9.20. The van der Waals surface area contributed by atoms with Crippen LogP contribution in [0.5, 0.6) is 0 Å². The predicted octanol–water partition coefficient (Wildman–Crippen LogP) is 1.82. The average molecular weight is 195 g/mol. The predicted molar refractivity (Wildman–Crippen MR) is 58.2 cm³/mol. The molecule has 80 valence electrons. The number of nitrogens with one attached hydrogen (secondary N) is 1. The van der Waals surface area contributed by atoms with E-state index in [0.29, 0.717) is 6.04 Å². The molecule has 14 heavy (non-hydrogen) atoms. The van der Waals surface area contributed by atoms with E-state index >= 15 is 0 Å². The second kappa shape index (κ2) is 4.45. The molecule has 2 aliphatic rings. The lowest BCUT2D eigenvalue weighted by molar-refractivity contribution is 0.169. The Balaban J connectivity index is 1.69. The number of hydrogen-bond donors (Lipinski definition) is 1. The topological polar surface area (TPSA) is 21.3 Å². The number of rotatable bonds is 5. The van der Waals surface area contributed by atoms with E-state index in [2.05, 4.69) is 24.4 Å². The van der Waals surface area contributed by atoms with E-state index in [1.54, 1.807) is 7.11 Å². The Kier molecular flexibility index (Phi) is 3.24. The van der Waals surface area contributed by atoms with Crippen molar-refractivity contribution in [3.05, 3.63) is 12.2 Å². The molecule has 0 aromatic heterocycles. The van der Waals surface area contributed by atoms with Gasteiger partial charge >= 0.3 is 0 Å². The van der Waals surface area contributed by atoms with Crippen molar-refractivity contribution in [2.45, 2.75) is 25.8 Å². The summed E-state index contributed by atoms with van der Waals surface area (Å²) < 4.78 is 5.10. The molecular formula is C12H21NO. The summed E-state index contributed by atoms with van der Waals surface area (Å²) in [7, 11) is 1.76. The summed E-state index contributed by atoms with van der Waals surface area (Å²) in [5.74, 6) is 2.64. The first kappa shape index (κ1) is 10.2. The smallest absolute Gasteiger partial charge is 0.0613 e. The van der Waals surface area contributed by atoms with E-state index in [4.69, 9.17) is 4.74 Å². The molecule has 2 bridgehead atoms. The maximum atomic E-state index is 5.10. The largest absolute Gasteiger partial charge is 0.383 e. The van der Waals surface area contributed by atoms with E-state index in [-0.39, 0.29) is 0 Å². The molecule has 0 aromatic carbocycles. The van der Waals surface area contributed by atoms with Crippen LogP contribution in [0.25, 0.3) is 0 Å². The maximum absolute atomic E-state index is 5.10. The molecule has 0 heterocycles. The van der Waals surface area contributed by atoms with E-state index in [0.717, 1.165) is 30.9 Å². The number of methoxy groups -OCH3 is 1. The SMILES string of the molecule is COC[C@@H](C)NC[C@H]1C[C@H]2C=C[C@H]1C2. The minimum Gasteiger partial charge on any atom is -0.383 e. The lowest BCUT2D eigenvalue weighted by atomic mass is 9.93. The van der Waals surface area contributed by atoms with Gasteiger partial charge in [-0.05, 0) is 44.1 Å². The maximum Gasteiger partial charge on any atom is 0.0613 e. The first-order chi connectivity index (χ1) is 6.79. The fourth-order valence-corrected chi connectivity index (χ4v) is 2.79. The molecule has 2 rings (SSSR count). The molecule has 2 heteroatoms. The van der Waals surface area contributed by atoms with Crippen LogP contribution >= 0.6 is 0 Å². The zero-order valence-electron chi connectivity index (χ0n) is 9.20. The molecule has 2 nitrogen and oxygen atoms in total. The summed E-state index contributed by atoms with van der Waals surface area (Å²) in [6.07, 6.45) is 7.63. The van der Waals surface area contributed by atoms with Gasteiger partial charge in [0.1, 0.15) is 0 Å². The number of allylic oxidation sites excluding steroid dienone is 2. The Hall–Kier alpha value is -0.340. The molecule has 1 N–H and O–H groups in total. The van der Waals surface area contributed by atoms with Gasteiger partial charge in [-0.15, -0.1) is 0 Å². The van der Waals surface area contributed by atoms with Crippen molar-refractivity contribution in [2.24, 2.45) is 17.8 Å². The number of fused-ring (bicyclic) bond motifs is 2. The third kappa shape index (κ3) is 2.18. The van der Waals surface area contributed by atoms with Crippen molar-refractivity contribution in [1.29, 1.82) is 0 Å². The Morgan fingerprint density at radius 3 is 2.86 bits per heavy atom. The zero-order chi connectivity index (χ0) is 9.97. The second-order valence-corrected chi connectivity index (χ2v) is 4.80. The molecule has 2 aliphatic carbocycles. The average Bonchev–Trinajstić information content (AvgIpc) is 2.76. The highest BCUT2D eigenvalue weighted by atomic mass is 16.5. The molecule has 0 amide bonds. The highest BCUT2D eigenvalue weighted by molar-refractivity contribution is 5.10. The standard InChI is InChI=1S/C12H21NO/c1-9(8-14-2)13-7-12-6-10-3-4-11(12)5-10/h3-4,9-13H,5-8H2,1-2H3/t9-,10+,11+,12-/m1/s1. The van der Waals surface area contributed by atoms with Gasteiger partial charge in [-0.3, -0.25) is 0 Å². The lowest BCUT2D eigenvalue weighted by Gasteiger charge is -2.21. The second-order valence-electron chi connectivity index (χ2n) is 4.80. The summed E-state index contributed by atoms with van der Waals surface area (Å²) in [5, 5.41) is 3.55. The van der Waals surface area contributed by atoms with Gasteiger partial charge in [0.2, 0.25) is 0 Å². The van der Waals surface area contributed by atoms with Gasteiger partial charge in [0.05, 0.1) is 6.61 Å². The molecule has 0 aromatic rings. The fraction of sp³-hybridized carbons (Fsp3) is 0.833. The molecule has 0 aliphatic heterocycles. The first-order valence-corrected chi connectivity index (χ1v) is 5.70. The molecule has 0 unspecified atom stereocenters. The molecule has 0 radical (unpaired) electrons. The van der Waals surface area contributed by atoms with Crippen molar-refractivity contribution < 1.29 is 4.74 Å². The van der Waals surface area contributed by atoms with Crippen LogP contribution in [0.4, 0.5) is 0 Å². The summed E-state index contributed by atoms with van der Waals surface area (Å²) in [6.45, 7) is 4.17. The van der Waals surface area contributed by atoms with Crippen LogP contribution in [-0.2, 0) is 4.74 Å². The Bertz CT molecular complexity index is 214. The molecule has 4 atom stereocenters. The molecule has 0 spiro atoms. The van der Waals surface area contributed by atoms with Gasteiger partial charge < -0.3 is 10.1 Å². The van der Waals surface area contributed by atoms with Crippen LogP contribution < -0.4 is 5.32 Å². The van der Waals surface area contributed by atoms with Crippen LogP contribution in [0.1, 0.15) is 19.8 Å². The highest BCUT2D eigenvalue weighted by Crippen LogP contribution is 2.42. The van der Waals surface area contributed by atoms with E-state index < -0.39 is 0 Å². The monoisotopic (exact) mass is 195 g/mol. The minimum absolute atomic E-state index is 0.489. The van der Waals surface area contributed by atoms with Crippen molar-refractivity contribution in [1.82, 2.24) is 5.32 Å². The van der Waals surface area contributed by atoms with Crippen molar-refractivity contribution >= 4 is 0 Å². The summed E-state index contributed by atoms with van der Waals surface area (Å²) >= 11 is 0. The highest BCUT2D eigenvalue weighted by Gasteiger charge is 2.35. The van der Waals surface area contributed by atoms with E-state index in [1.807, 2.05) is 0 Å². The van der Waals surface area contributed by atoms with Crippen LogP contribution in [0.3, 0.4) is 0 Å². The third-order valence-electron chi connectivity index (χ3n) is 3.56. The van der Waals surface area contributed by atoms with E-state index in [1.165, 1.54) is 12.8 Å².